The molecule has 0 fully saturated rings. The molecule has 0 aliphatic carbocycles. The van der Waals surface area contributed by atoms with Crippen molar-refractivity contribution in [2.75, 3.05) is 5.75 Å². The fraction of sp³-hybridized carbons (Fsp3) is 1.00. The highest BCUT2D eigenvalue weighted by atomic mass is 32.2. The van der Waals surface area contributed by atoms with E-state index >= 15 is 0 Å². The molecule has 3 N–H and O–H groups in total. The molecular weight excluding hydrogens is 370 g/mol. The Morgan fingerprint density at radius 3 is 1.43 bits per heavy atom. The van der Waals surface area contributed by atoms with E-state index in [4.69, 9.17) is 10.3 Å². The maximum atomic E-state index is 10.9. The van der Waals surface area contributed by atoms with Crippen molar-refractivity contribution in [2.45, 2.75) is 135 Å². The van der Waals surface area contributed by atoms with Gasteiger partial charge in [0.2, 0.25) is 0 Å². The van der Waals surface area contributed by atoms with Crippen LogP contribution in [0.5, 0.6) is 0 Å². The fourth-order valence-corrected chi connectivity index (χ4v) is 4.52. The SMILES string of the molecule is CCCCCCCCCCCCCCCCC(CCCS(=O)(=O)O)C(C)(C)N. The van der Waals surface area contributed by atoms with Gasteiger partial charge in [0.05, 0.1) is 5.75 Å². The zero-order valence-corrected chi connectivity index (χ0v) is 19.9. The standard InChI is InChI=1S/C23H49NO3S/c1-4-5-6-7-8-9-10-11-12-13-14-15-16-17-19-22(23(2,3)24)20-18-21-28(25,26)27/h22H,4-21,24H2,1-3H3,(H,25,26,27). The van der Waals surface area contributed by atoms with Gasteiger partial charge in [-0.2, -0.15) is 8.42 Å². The van der Waals surface area contributed by atoms with Gasteiger partial charge in [-0.15, -0.1) is 0 Å². The van der Waals surface area contributed by atoms with Crippen molar-refractivity contribution >= 4 is 10.1 Å². The van der Waals surface area contributed by atoms with Crippen LogP contribution >= 0.6 is 0 Å². The van der Waals surface area contributed by atoms with Crippen LogP contribution in [0.25, 0.3) is 0 Å². The molecular formula is C23H49NO3S. The zero-order valence-electron chi connectivity index (χ0n) is 19.1. The predicted molar refractivity (Wildman–Crippen MR) is 122 cm³/mol. The van der Waals surface area contributed by atoms with E-state index in [1.807, 2.05) is 13.8 Å². The van der Waals surface area contributed by atoms with Gasteiger partial charge >= 0.3 is 0 Å². The van der Waals surface area contributed by atoms with Crippen molar-refractivity contribution in [3.63, 3.8) is 0 Å². The average molecular weight is 420 g/mol. The average Bonchev–Trinajstić information content (AvgIpc) is 2.58. The first kappa shape index (κ1) is 27.9. The molecule has 170 valence electrons. The Bertz CT molecular complexity index is 443. The minimum Gasteiger partial charge on any atom is -0.325 e. The second-order valence-corrected chi connectivity index (χ2v) is 10.9. The molecule has 0 saturated heterocycles. The van der Waals surface area contributed by atoms with E-state index in [9.17, 15) is 8.42 Å². The molecule has 0 aromatic heterocycles. The Morgan fingerprint density at radius 1 is 0.714 bits per heavy atom. The van der Waals surface area contributed by atoms with Crippen LogP contribution in [-0.4, -0.2) is 24.3 Å². The normalized spacial score (nSPS) is 13.8. The molecule has 5 heteroatoms. The number of hydrogen-bond donors (Lipinski definition) is 2. The second-order valence-electron chi connectivity index (χ2n) is 9.33. The molecule has 28 heavy (non-hydrogen) atoms. The van der Waals surface area contributed by atoms with E-state index in [1.54, 1.807) is 0 Å². The molecule has 0 saturated carbocycles. The molecule has 1 atom stereocenters. The van der Waals surface area contributed by atoms with Crippen LogP contribution in [-0.2, 0) is 10.1 Å². The minimum atomic E-state index is -3.86. The van der Waals surface area contributed by atoms with Crippen LogP contribution in [0.1, 0.15) is 130 Å². The minimum absolute atomic E-state index is 0.154. The van der Waals surface area contributed by atoms with E-state index in [1.165, 1.54) is 83.5 Å². The Morgan fingerprint density at radius 2 is 1.07 bits per heavy atom. The van der Waals surface area contributed by atoms with E-state index in [2.05, 4.69) is 6.92 Å². The lowest BCUT2D eigenvalue weighted by Crippen LogP contribution is -2.41. The van der Waals surface area contributed by atoms with Crippen LogP contribution in [0.4, 0.5) is 0 Å². The largest absolute Gasteiger partial charge is 0.325 e. The Labute approximate surface area is 176 Å². The first-order valence-electron chi connectivity index (χ1n) is 11.9. The summed E-state index contributed by atoms with van der Waals surface area (Å²) < 4.78 is 30.7. The first-order chi connectivity index (χ1) is 13.2. The monoisotopic (exact) mass is 419 g/mol. The highest BCUT2D eigenvalue weighted by Gasteiger charge is 2.24. The third-order valence-corrected chi connectivity index (χ3v) is 6.72. The summed E-state index contributed by atoms with van der Waals surface area (Å²) in [4.78, 5) is 0. The van der Waals surface area contributed by atoms with Gasteiger partial charge in [0.15, 0.2) is 0 Å². The zero-order chi connectivity index (χ0) is 21.3. The summed E-state index contributed by atoms with van der Waals surface area (Å²) in [6, 6.07) is 0. The van der Waals surface area contributed by atoms with Crippen molar-refractivity contribution < 1.29 is 13.0 Å². The van der Waals surface area contributed by atoms with Crippen molar-refractivity contribution in [3.8, 4) is 0 Å². The number of nitrogens with two attached hydrogens (primary N) is 1. The molecule has 4 nitrogen and oxygen atoms in total. The second kappa shape index (κ2) is 16.6. The lowest BCUT2D eigenvalue weighted by molar-refractivity contribution is 0.272. The molecule has 0 rings (SSSR count). The van der Waals surface area contributed by atoms with Crippen LogP contribution in [0.3, 0.4) is 0 Å². The molecule has 0 aromatic rings. The molecule has 0 bridgehead atoms. The fourth-order valence-electron chi connectivity index (χ4n) is 3.99. The van der Waals surface area contributed by atoms with Crippen molar-refractivity contribution in [1.82, 2.24) is 0 Å². The smallest absolute Gasteiger partial charge is 0.264 e. The molecule has 0 aromatic carbocycles. The Hall–Kier alpha value is -0.130. The molecule has 0 spiro atoms. The van der Waals surface area contributed by atoms with Gasteiger partial charge in [-0.05, 0) is 39.0 Å². The molecule has 1 unspecified atom stereocenters. The predicted octanol–water partition coefficient (Wildman–Crippen LogP) is 6.88. The van der Waals surface area contributed by atoms with E-state index in [0.717, 1.165) is 19.3 Å². The molecule has 0 aliphatic rings. The lowest BCUT2D eigenvalue weighted by atomic mass is 9.81. The highest BCUT2D eigenvalue weighted by Crippen LogP contribution is 2.26. The number of hydrogen-bond acceptors (Lipinski definition) is 3. The maximum Gasteiger partial charge on any atom is 0.264 e. The summed E-state index contributed by atoms with van der Waals surface area (Å²) in [7, 11) is -3.86. The van der Waals surface area contributed by atoms with Gasteiger partial charge in [-0.1, -0.05) is 96.8 Å². The van der Waals surface area contributed by atoms with Gasteiger partial charge in [0, 0.05) is 5.54 Å². The highest BCUT2D eigenvalue weighted by molar-refractivity contribution is 7.85. The number of unbranched alkanes of at least 4 members (excludes halogenated alkanes) is 13. The lowest BCUT2D eigenvalue weighted by Gasteiger charge is -2.30. The van der Waals surface area contributed by atoms with E-state index in [0.29, 0.717) is 12.3 Å². The third kappa shape index (κ3) is 19.2. The summed E-state index contributed by atoms with van der Waals surface area (Å²) in [6.45, 7) is 6.31. The van der Waals surface area contributed by atoms with Crippen molar-refractivity contribution in [2.24, 2.45) is 11.7 Å². The molecule has 0 radical (unpaired) electrons. The molecule has 0 heterocycles. The van der Waals surface area contributed by atoms with Crippen LogP contribution in [0.15, 0.2) is 0 Å². The summed E-state index contributed by atoms with van der Waals surface area (Å²) in [5.74, 6) is 0.157. The molecule has 0 amide bonds. The Balaban J connectivity index is 3.59. The van der Waals surface area contributed by atoms with Gasteiger partial charge in [0.1, 0.15) is 0 Å². The Kier molecular flexibility index (Phi) is 16.6. The van der Waals surface area contributed by atoms with Crippen molar-refractivity contribution in [3.05, 3.63) is 0 Å². The van der Waals surface area contributed by atoms with Gasteiger partial charge in [0.25, 0.3) is 10.1 Å². The topological polar surface area (TPSA) is 80.4 Å². The summed E-state index contributed by atoms with van der Waals surface area (Å²) >= 11 is 0. The van der Waals surface area contributed by atoms with Crippen molar-refractivity contribution in [1.29, 1.82) is 0 Å². The summed E-state index contributed by atoms with van der Waals surface area (Å²) in [5.41, 5.74) is 5.98. The first-order valence-corrected chi connectivity index (χ1v) is 13.5. The van der Waals surface area contributed by atoms with Gasteiger partial charge < -0.3 is 5.73 Å². The van der Waals surface area contributed by atoms with Gasteiger partial charge in [-0.25, -0.2) is 0 Å². The summed E-state index contributed by atoms with van der Waals surface area (Å²) in [5, 5.41) is 0. The van der Waals surface area contributed by atoms with Crippen LogP contribution in [0.2, 0.25) is 0 Å². The van der Waals surface area contributed by atoms with Crippen LogP contribution < -0.4 is 5.73 Å². The van der Waals surface area contributed by atoms with Crippen LogP contribution in [0, 0.1) is 5.92 Å². The van der Waals surface area contributed by atoms with Gasteiger partial charge in [-0.3, -0.25) is 4.55 Å². The number of rotatable bonds is 20. The maximum absolute atomic E-state index is 10.9. The van der Waals surface area contributed by atoms with E-state index < -0.39 is 10.1 Å². The summed E-state index contributed by atoms with van der Waals surface area (Å²) in [6.07, 6.45) is 21.3. The third-order valence-electron chi connectivity index (χ3n) is 5.91. The van der Waals surface area contributed by atoms with E-state index in [-0.39, 0.29) is 11.3 Å². The quantitative estimate of drug-likeness (QED) is 0.166. The molecule has 0 aliphatic heterocycles.